The third-order valence-electron chi connectivity index (χ3n) is 5.31. The van der Waals surface area contributed by atoms with E-state index in [1.54, 1.807) is 0 Å². The van der Waals surface area contributed by atoms with E-state index in [1.165, 1.54) is 38.6 Å². The highest BCUT2D eigenvalue weighted by molar-refractivity contribution is 5.02. The summed E-state index contributed by atoms with van der Waals surface area (Å²) in [6.45, 7) is 6.82. The zero-order valence-corrected chi connectivity index (χ0v) is 11.2. The van der Waals surface area contributed by atoms with Crippen LogP contribution in [0.1, 0.15) is 46.0 Å². The van der Waals surface area contributed by atoms with Crippen molar-refractivity contribution in [3.8, 4) is 0 Å². The van der Waals surface area contributed by atoms with Gasteiger partial charge in [-0.2, -0.15) is 0 Å². The summed E-state index contributed by atoms with van der Waals surface area (Å²) in [4.78, 5) is 2.61. The minimum absolute atomic E-state index is 0.330. The quantitative estimate of drug-likeness (QED) is 0.777. The van der Waals surface area contributed by atoms with Crippen molar-refractivity contribution in [3.63, 3.8) is 0 Å². The molecule has 2 fully saturated rings. The summed E-state index contributed by atoms with van der Waals surface area (Å²) >= 11 is 0. The number of hydrogen-bond donors (Lipinski definition) is 1. The molecule has 94 valence electrons. The molecule has 0 heterocycles. The fraction of sp³-hybridized carbons (Fsp3) is 1.00. The summed E-state index contributed by atoms with van der Waals surface area (Å²) in [5.41, 5.74) is 6.46. The van der Waals surface area contributed by atoms with Gasteiger partial charge in [0.1, 0.15) is 0 Å². The molecule has 16 heavy (non-hydrogen) atoms. The number of likely N-dealkylation sites (N-methyl/N-ethyl adjacent to an activating group) is 1. The largest absolute Gasteiger partial charge is 0.329 e. The Kier molecular flexibility index (Phi) is 3.60. The predicted molar refractivity (Wildman–Crippen MR) is 69.3 cm³/mol. The Balaban J connectivity index is 2.01. The Morgan fingerprint density at radius 1 is 1.44 bits per heavy atom. The minimum atomic E-state index is 0.330. The van der Waals surface area contributed by atoms with Gasteiger partial charge in [-0.1, -0.05) is 26.7 Å². The number of nitrogens with zero attached hydrogens (tertiary/aromatic N) is 1. The average Bonchev–Trinajstić information content (AvgIpc) is 2.84. The van der Waals surface area contributed by atoms with Crippen LogP contribution < -0.4 is 5.73 Å². The maximum Gasteiger partial charge on any atom is 0.0356 e. The molecular weight excluding hydrogens is 196 g/mol. The molecule has 2 rings (SSSR count). The van der Waals surface area contributed by atoms with E-state index in [0.717, 1.165) is 24.3 Å². The van der Waals surface area contributed by atoms with Crippen LogP contribution in [0.5, 0.6) is 0 Å². The predicted octanol–water partition coefficient (Wildman–Crippen LogP) is 2.48. The first-order valence-electron chi connectivity index (χ1n) is 7.05. The third kappa shape index (κ3) is 2.02. The molecule has 0 aromatic rings. The van der Waals surface area contributed by atoms with Gasteiger partial charge in [0.2, 0.25) is 0 Å². The zero-order chi connectivity index (χ0) is 11.8. The minimum Gasteiger partial charge on any atom is -0.329 e. The fourth-order valence-corrected chi connectivity index (χ4v) is 3.83. The van der Waals surface area contributed by atoms with Crippen LogP contribution in [0.4, 0.5) is 0 Å². The second-order valence-electron chi connectivity index (χ2n) is 6.16. The van der Waals surface area contributed by atoms with Crippen LogP contribution in [0.25, 0.3) is 0 Å². The molecule has 0 amide bonds. The van der Waals surface area contributed by atoms with Crippen LogP contribution in [0.3, 0.4) is 0 Å². The molecule has 2 heteroatoms. The Labute approximate surface area is 101 Å². The fourth-order valence-electron chi connectivity index (χ4n) is 3.83. The van der Waals surface area contributed by atoms with Crippen LogP contribution >= 0.6 is 0 Å². The topological polar surface area (TPSA) is 29.3 Å². The van der Waals surface area contributed by atoms with Crippen LogP contribution in [0, 0.1) is 17.8 Å². The molecule has 0 radical (unpaired) electrons. The van der Waals surface area contributed by atoms with Crippen LogP contribution in [0.2, 0.25) is 0 Å². The van der Waals surface area contributed by atoms with Gasteiger partial charge < -0.3 is 5.73 Å². The second kappa shape index (κ2) is 4.66. The maximum atomic E-state index is 6.12. The van der Waals surface area contributed by atoms with E-state index in [9.17, 15) is 0 Å². The van der Waals surface area contributed by atoms with Crippen molar-refractivity contribution in [2.24, 2.45) is 23.5 Å². The molecule has 2 aliphatic rings. The number of rotatable bonds is 5. The van der Waals surface area contributed by atoms with Gasteiger partial charge in [0.15, 0.2) is 0 Å². The van der Waals surface area contributed by atoms with Crippen molar-refractivity contribution in [1.29, 1.82) is 0 Å². The van der Waals surface area contributed by atoms with Crippen LogP contribution in [-0.4, -0.2) is 30.6 Å². The number of nitrogens with two attached hydrogens (primary N) is 1. The first-order chi connectivity index (χ1) is 7.64. The van der Waals surface area contributed by atoms with E-state index in [0.29, 0.717) is 5.54 Å². The summed E-state index contributed by atoms with van der Waals surface area (Å²) in [5.74, 6) is 2.74. The molecule has 4 unspecified atom stereocenters. The Bertz CT molecular complexity index is 241. The summed E-state index contributed by atoms with van der Waals surface area (Å²) in [6.07, 6.45) is 6.81. The number of hydrogen-bond acceptors (Lipinski definition) is 2. The van der Waals surface area contributed by atoms with E-state index in [1.807, 2.05) is 0 Å². The second-order valence-corrected chi connectivity index (χ2v) is 6.16. The average molecular weight is 224 g/mol. The van der Waals surface area contributed by atoms with Gasteiger partial charge >= 0.3 is 0 Å². The van der Waals surface area contributed by atoms with Crippen molar-refractivity contribution < 1.29 is 0 Å². The summed E-state index contributed by atoms with van der Waals surface area (Å²) in [5, 5.41) is 0. The van der Waals surface area contributed by atoms with E-state index in [2.05, 4.69) is 25.8 Å². The Hall–Kier alpha value is -0.0800. The molecule has 2 N–H and O–H groups in total. The molecule has 0 saturated heterocycles. The van der Waals surface area contributed by atoms with Gasteiger partial charge in [-0.05, 0) is 44.1 Å². The van der Waals surface area contributed by atoms with Gasteiger partial charge in [0.05, 0.1) is 0 Å². The molecule has 0 bridgehead atoms. The molecule has 0 aromatic carbocycles. The van der Waals surface area contributed by atoms with Gasteiger partial charge in [-0.25, -0.2) is 0 Å². The molecule has 2 aliphatic carbocycles. The standard InChI is InChI=1S/C14H28N2/c1-4-13-6-5-7-14(13,10-15)16(3)9-12-8-11(12)2/h11-13H,4-10,15H2,1-3H3. The summed E-state index contributed by atoms with van der Waals surface area (Å²) < 4.78 is 0. The lowest BCUT2D eigenvalue weighted by atomic mass is 9.83. The maximum absolute atomic E-state index is 6.12. The molecule has 2 saturated carbocycles. The lowest BCUT2D eigenvalue weighted by Gasteiger charge is -2.43. The molecular formula is C14H28N2. The first kappa shape index (κ1) is 12.4. The van der Waals surface area contributed by atoms with Crippen LogP contribution in [-0.2, 0) is 0 Å². The van der Waals surface area contributed by atoms with Crippen molar-refractivity contribution in [3.05, 3.63) is 0 Å². The smallest absolute Gasteiger partial charge is 0.0356 e. The molecule has 0 aromatic heterocycles. The van der Waals surface area contributed by atoms with Gasteiger partial charge in [0.25, 0.3) is 0 Å². The highest BCUT2D eigenvalue weighted by Crippen LogP contribution is 2.44. The van der Waals surface area contributed by atoms with Gasteiger partial charge in [-0.3, -0.25) is 4.90 Å². The zero-order valence-electron chi connectivity index (χ0n) is 11.2. The first-order valence-corrected chi connectivity index (χ1v) is 7.05. The lowest BCUT2D eigenvalue weighted by molar-refractivity contribution is 0.0760. The Morgan fingerprint density at radius 2 is 2.12 bits per heavy atom. The third-order valence-corrected chi connectivity index (χ3v) is 5.31. The van der Waals surface area contributed by atoms with Gasteiger partial charge in [-0.15, -0.1) is 0 Å². The van der Waals surface area contributed by atoms with Crippen LogP contribution in [0.15, 0.2) is 0 Å². The van der Waals surface area contributed by atoms with E-state index < -0.39 is 0 Å². The summed E-state index contributed by atoms with van der Waals surface area (Å²) in [7, 11) is 2.31. The SMILES string of the molecule is CCC1CCCC1(CN)N(C)CC1CC1C. The lowest BCUT2D eigenvalue weighted by Crippen LogP contribution is -2.55. The molecule has 2 nitrogen and oxygen atoms in total. The van der Waals surface area contributed by atoms with Crippen molar-refractivity contribution in [1.82, 2.24) is 4.90 Å². The van der Waals surface area contributed by atoms with Gasteiger partial charge in [0, 0.05) is 18.6 Å². The molecule has 0 aliphatic heterocycles. The van der Waals surface area contributed by atoms with Crippen molar-refractivity contribution in [2.75, 3.05) is 20.1 Å². The highest BCUT2D eigenvalue weighted by atomic mass is 15.2. The highest BCUT2D eigenvalue weighted by Gasteiger charge is 2.46. The molecule has 4 atom stereocenters. The van der Waals surface area contributed by atoms with Crippen molar-refractivity contribution in [2.45, 2.75) is 51.5 Å². The summed E-state index contributed by atoms with van der Waals surface area (Å²) in [6, 6.07) is 0. The monoisotopic (exact) mass is 224 g/mol. The van der Waals surface area contributed by atoms with E-state index >= 15 is 0 Å². The van der Waals surface area contributed by atoms with E-state index in [4.69, 9.17) is 5.73 Å². The normalized spacial score (nSPS) is 42.9. The van der Waals surface area contributed by atoms with E-state index in [-0.39, 0.29) is 0 Å². The van der Waals surface area contributed by atoms with Crippen molar-refractivity contribution >= 4 is 0 Å². The Morgan fingerprint density at radius 3 is 2.62 bits per heavy atom. The molecule has 0 spiro atoms.